The number of fused-ring (bicyclic) bond motifs is 20. The fourth-order valence-electron chi connectivity index (χ4n) is 29.5. The van der Waals surface area contributed by atoms with E-state index in [1.807, 2.05) is 25.9 Å². The van der Waals surface area contributed by atoms with Crippen molar-refractivity contribution in [1.29, 1.82) is 0 Å². The zero-order chi connectivity index (χ0) is 66.8. The van der Waals surface area contributed by atoms with Crippen LogP contribution in [0.15, 0.2) is 79.1 Å². The van der Waals surface area contributed by atoms with Gasteiger partial charge in [0, 0.05) is 38.2 Å². The van der Waals surface area contributed by atoms with Gasteiger partial charge in [0.1, 0.15) is 23.0 Å². The Morgan fingerprint density at radius 2 is 0.802 bits per heavy atom. The Balaban J connectivity index is 0.0000000968. The molecule has 14 nitrogen and oxygen atoms in total. The van der Waals surface area contributed by atoms with Gasteiger partial charge < -0.3 is 52.7 Å². The number of carboxylic acid groups (broad SMARTS) is 3. The van der Waals surface area contributed by atoms with Gasteiger partial charge in [-0.25, -0.2) is 14.4 Å². The summed E-state index contributed by atoms with van der Waals surface area (Å²) in [5.41, 5.74) is 3.21. The summed E-state index contributed by atoms with van der Waals surface area (Å²) >= 11 is 0. The molecule has 4 aromatic heterocycles. The third kappa shape index (κ3) is 8.57. The molecule has 4 spiro atoms. The Hall–Kier alpha value is -5.15. The Morgan fingerprint density at radius 3 is 1.26 bits per heavy atom. The van der Waals surface area contributed by atoms with E-state index in [1.165, 1.54) is 73.0 Å². The van der Waals surface area contributed by atoms with Crippen LogP contribution < -0.4 is 0 Å². The van der Waals surface area contributed by atoms with Gasteiger partial charge in [-0.15, -0.1) is 0 Å². The number of carbonyl (C=O) groups is 3. The maximum absolute atomic E-state index is 12.1. The number of aryl methyl sites for hydroxylation is 2. The number of aliphatic carboxylic acids is 3. The number of ether oxygens (including phenoxy) is 2. The summed E-state index contributed by atoms with van der Waals surface area (Å²) in [7, 11) is 3.53. The van der Waals surface area contributed by atoms with Crippen molar-refractivity contribution in [2.45, 2.75) is 260 Å². The van der Waals surface area contributed by atoms with Gasteiger partial charge in [-0.05, 0) is 336 Å². The van der Waals surface area contributed by atoms with Gasteiger partial charge in [0.05, 0.1) is 30.7 Å². The Labute approximate surface area is 566 Å². The molecule has 0 aromatic carbocycles. The lowest BCUT2D eigenvalue weighted by molar-refractivity contribution is -0.168. The van der Waals surface area contributed by atoms with Gasteiger partial charge >= 0.3 is 17.9 Å². The second kappa shape index (κ2) is 21.4. The number of rotatable bonds is 5. The number of carboxylic acids is 3. The minimum absolute atomic E-state index is 0.0209. The Morgan fingerprint density at radius 1 is 0.417 bits per heavy atom. The molecule has 0 unspecified atom stereocenters. The number of furan rings is 4. The van der Waals surface area contributed by atoms with Crippen molar-refractivity contribution in [3.63, 3.8) is 0 Å². The zero-order valence-electron chi connectivity index (χ0n) is 58.1. The smallest absolute Gasteiger partial charge is 0.336 e. The molecule has 12 fully saturated rings. The lowest BCUT2D eigenvalue weighted by atomic mass is 9.45. The maximum Gasteiger partial charge on any atom is 0.336 e. The molecule has 24 atom stereocenters. The molecule has 4 aromatic rings. The predicted octanol–water partition coefficient (Wildman–Crippen LogP) is 17.3. The second-order valence-corrected chi connectivity index (χ2v) is 36.5. The standard InChI is InChI=1S/C21H28O4.C21H28O2.C20H26O4.C20H24O4/c1-19-8-6-16-14(7-10-25-16)15(19)5-9-20-11-13(3-4-17(19)20)21(12-20,24-2)18(22)23;1-19-9-7-17-15(8-11-23-17)16(19)6-10-21-12-14(4-5-18(19)21)20(2,13-21)22-3;2*1-18-7-5-15-13(6-9-24-15)14(18)4-8-19-10-12(2-3-16(18)19)20(23,11-19)17(21)22/h7,10,13,15,17H,3-6,8-9,11-12H2,1-2H3,(H,22,23);7-9,11,14,16,18H,4-6,10,12-13H2,1-3H3;6,9,12,14,16,23H,2-5,7-8,10-11H2,1H3,(H,21,22);5-7,9,12,14,16,23H,2-4,8,10-11H2,1H3,(H,21,22)/t13-,15-,17+,19-,20+,21-;14-,16-,18+,19-,20-,21+;2*12-,14-,16+,18-,19+,20-/m1111/s1. The molecule has 20 rings (SSSR count). The van der Waals surface area contributed by atoms with Gasteiger partial charge in [0.2, 0.25) is 0 Å². The van der Waals surface area contributed by atoms with Crippen LogP contribution in [0.3, 0.4) is 0 Å². The summed E-state index contributed by atoms with van der Waals surface area (Å²) in [6.07, 6.45) is 45.7. The summed E-state index contributed by atoms with van der Waals surface area (Å²) in [6, 6.07) is 8.67. The van der Waals surface area contributed by atoms with Crippen molar-refractivity contribution in [3.8, 4) is 0 Å². The van der Waals surface area contributed by atoms with Crippen LogP contribution >= 0.6 is 0 Å². The summed E-state index contributed by atoms with van der Waals surface area (Å²) in [6.45, 7) is 12.1. The van der Waals surface area contributed by atoms with Crippen LogP contribution in [0.25, 0.3) is 12.2 Å². The fraction of sp³-hybridized carbons (Fsp3) is 0.720. The normalized spacial score (nSPS) is 48.9. The first-order valence-electron chi connectivity index (χ1n) is 37.7. The zero-order valence-corrected chi connectivity index (χ0v) is 58.1. The van der Waals surface area contributed by atoms with E-state index in [0.717, 1.165) is 145 Å². The molecule has 0 amide bonds. The van der Waals surface area contributed by atoms with E-state index in [0.29, 0.717) is 71.5 Å². The topological polar surface area (TPSA) is 223 Å². The van der Waals surface area contributed by atoms with Crippen LogP contribution in [0.2, 0.25) is 0 Å². The van der Waals surface area contributed by atoms with Crippen LogP contribution in [-0.4, -0.2) is 80.1 Å². The van der Waals surface area contributed by atoms with Gasteiger partial charge in [-0.2, -0.15) is 0 Å². The van der Waals surface area contributed by atoms with E-state index >= 15 is 0 Å². The summed E-state index contributed by atoms with van der Waals surface area (Å²) in [5, 5.41) is 50.9. The molecule has 16 aliphatic carbocycles. The second-order valence-electron chi connectivity index (χ2n) is 36.5. The number of hydrogen-bond acceptors (Lipinski definition) is 11. The van der Waals surface area contributed by atoms with E-state index in [-0.39, 0.29) is 55.8 Å². The number of allylic oxidation sites excluding steroid dienone is 2. The maximum atomic E-state index is 12.1. The largest absolute Gasteiger partial charge is 0.479 e. The monoisotopic (exact) mass is 1310 g/mol. The number of aliphatic hydroxyl groups is 2. The summed E-state index contributed by atoms with van der Waals surface area (Å²) < 4.78 is 34.5. The molecule has 518 valence electrons. The average molecular weight is 1320 g/mol. The molecular weight excluding hydrogens is 1210 g/mol. The predicted molar refractivity (Wildman–Crippen MR) is 359 cm³/mol. The minimum Gasteiger partial charge on any atom is -0.479 e. The first-order valence-corrected chi connectivity index (χ1v) is 37.7. The molecule has 0 saturated heterocycles. The Bertz CT molecular complexity index is 3820. The molecule has 5 N–H and O–H groups in total. The third-order valence-corrected chi connectivity index (χ3v) is 33.5. The van der Waals surface area contributed by atoms with Crippen LogP contribution in [0.4, 0.5) is 0 Å². The fourth-order valence-corrected chi connectivity index (χ4v) is 29.5. The van der Waals surface area contributed by atoms with E-state index in [4.69, 9.17) is 27.1 Å². The quantitative estimate of drug-likeness (QED) is 0.125. The molecule has 96 heavy (non-hydrogen) atoms. The highest BCUT2D eigenvalue weighted by atomic mass is 16.5. The lowest BCUT2D eigenvalue weighted by Crippen LogP contribution is -2.51. The van der Waals surface area contributed by atoms with Gasteiger partial charge in [0.15, 0.2) is 16.8 Å². The third-order valence-electron chi connectivity index (χ3n) is 33.5. The lowest BCUT2D eigenvalue weighted by Gasteiger charge is -2.59. The van der Waals surface area contributed by atoms with Gasteiger partial charge in [-0.1, -0.05) is 39.8 Å². The van der Waals surface area contributed by atoms with Crippen molar-refractivity contribution in [1.82, 2.24) is 0 Å². The molecule has 8 bridgehead atoms. The van der Waals surface area contributed by atoms with Crippen molar-refractivity contribution in [3.05, 3.63) is 107 Å². The van der Waals surface area contributed by atoms with Gasteiger partial charge in [-0.3, -0.25) is 0 Å². The Kier molecular flexibility index (Phi) is 14.4. The number of hydrogen-bond donors (Lipinski definition) is 5. The molecule has 0 radical (unpaired) electrons. The van der Waals surface area contributed by atoms with E-state index < -0.39 is 34.7 Å². The summed E-state index contributed by atoms with van der Waals surface area (Å²) in [5.74, 6) is 7.03. The van der Waals surface area contributed by atoms with Crippen LogP contribution in [0, 0.1) is 90.7 Å². The number of methoxy groups -OCH3 is 2. The minimum atomic E-state index is -1.52. The van der Waals surface area contributed by atoms with E-state index in [1.54, 1.807) is 13.4 Å². The van der Waals surface area contributed by atoms with Crippen molar-refractivity contribution < 1.29 is 67.1 Å². The van der Waals surface area contributed by atoms with Crippen molar-refractivity contribution in [2.75, 3.05) is 14.2 Å². The molecular formula is C82H106O14. The molecule has 4 heterocycles. The first kappa shape index (κ1) is 64.2. The molecule has 0 aliphatic heterocycles. The van der Waals surface area contributed by atoms with Crippen LogP contribution in [0.1, 0.15) is 271 Å². The highest BCUT2D eigenvalue weighted by Crippen LogP contribution is 2.77. The summed E-state index contributed by atoms with van der Waals surface area (Å²) in [4.78, 5) is 35.6. The average Bonchev–Trinajstić information content (AvgIpc) is 1.49. The first-order chi connectivity index (χ1) is 45.7. The van der Waals surface area contributed by atoms with E-state index in [2.05, 4.69) is 83.2 Å². The highest BCUT2D eigenvalue weighted by molar-refractivity contribution is 5.80. The molecule has 14 heteroatoms. The van der Waals surface area contributed by atoms with Crippen molar-refractivity contribution in [2.24, 2.45) is 90.7 Å². The highest BCUT2D eigenvalue weighted by Gasteiger charge is 2.72. The SMILES string of the molecule is CO[C@]1(C(=O)O)C[C@@]23CC[C@@H]4c5ccoc5CC[C@@]4(C)[C@@H]2CC[C@@H]1C3.CO[C@]1(C)C[C@@]23CC[C@@H]4c5ccoc5C=C[C@@]4(C)[C@@H]2CC[C@@H]1C3.C[C@@]12C=Cc3occc3[C@H]1CC[C@@]13C[C@@H](CC[C@H]12)[C@@](O)(C(=O)O)C3.C[C@@]12CCc3occc3[C@H]1CC[C@@]13C[C@@H](CC[C@H]12)[C@@](O)(C(=O)O)C3. The molecule has 16 aliphatic rings. The van der Waals surface area contributed by atoms with Crippen LogP contribution in [0.5, 0.6) is 0 Å². The molecule has 12 saturated carbocycles. The van der Waals surface area contributed by atoms with Crippen molar-refractivity contribution >= 4 is 30.1 Å². The van der Waals surface area contributed by atoms with E-state index in [9.17, 15) is 39.9 Å². The van der Waals surface area contributed by atoms with Gasteiger partial charge in [0.25, 0.3) is 0 Å². The van der Waals surface area contributed by atoms with Crippen LogP contribution in [-0.2, 0) is 36.7 Å².